The second-order valence-corrected chi connectivity index (χ2v) is 23.0. The van der Waals surface area contributed by atoms with Crippen LogP contribution in [0.3, 0.4) is 0 Å². The second-order valence-electron chi connectivity index (χ2n) is 21.4. The SMILES string of the molecule is CCOP(=O)(OCC)O[C@@H]1CCC(C[C@@H](C)[C@@H]2CC(=O)[C@H](C)CC(C)[C@@H](O)[C@@H](OC)C(=O)[C@H](C)C[C@H](C)/C=C/C=CC=C(C)[C@@H](OC)C[C@@H]3CC[C@@H](C)C(O)(O3)C(=O)C(=O)N3CCCC[C@H]3C(=O)O2)C[C@H]1OC. The topological polar surface area (TPSA) is 220 Å². The molecule has 3 fully saturated rings. The van der Waals surface area contributed by atoms with E-state index in [1.54, 1.807) is 48.8 Å². The van der Waals surface area contributed by atoms with Crippen LogP contribution < -0.4 is 0 Å². The van der Waals surface area contributed by atoms with Gasteiger partial charge in [0.2, 0.25) is 5.79 Å². The molecule has 1 amide bonds. The molecule has 0 aromatic carbocycles. The van der Waals surface area contributed by atoms with Crippen LogP contribution in [0.15, 0.2) is 36.0 Å². The number of ether oxygens (including phenoxy) is 5. The Hall–Kier alpha value is -2.96. The van der Waals surface area contributed by atoms with Crippen LogP contribution in [-0.4, -0.2) is 140 Å². The molecule has 2 N–H and O–H groups in total. The summed E-state index contributed by atoms with van der Waals surface area (Å²) >= 11 is 0. The Balaban J connectivity index is 1.68. The maximum Gasteiger partial charge on any atom is 0.475 e. The van der Waals surface area contributed by atoms with Gasteiger partial charge in [0.1, 0.15) is 24.0 Å². The number of carbonyl (C=O) groups excluding carboxylic acids is 5. The molecule has 17 nitrogen and oxygen atoms in total. The number of hydrogen-bond donors (Lipinski definition) is 2. The van der Waals surface area contributed by atoms with Crippen molar-refractivity contribution in [1.29, 1.82) is 0 Å². The van der Waals surface area contributed by atoms with Gasteiger partial charge in [0.05, 0.1) is 43.7 Å². The van der Waals surface area contributed by atoms with Crippen molar-refractivity contribution in [3.05, 3.63) is 36.0 Å². The lowest BCUT2D eigenvalue weighted by atomic mass is 9.78. The van der Waals surface area contributed by atoms with Crippen LogP contribution in [0.4, 0.5) is 0 Å². The highest BCUT2D eigenvalue weighted by atomic mass is 31.2. The number of phosphoric acid groups is 1. The Labute approximate surface area is 435 Å². The van der Waals surface area contributed by atoms with Crippen LogP contribution >= 0.6 is 7.82 Å². The Morgan fingerprint density at radius 3 is 2.16 bits per heavy atom. The zero-order chi connectivity index (χ0) is 54.2. The third kappa shape index (κ3) is 17.3. The molecular weight excluding hydrogens is 962 g/mol. The molecule has 4 aliphatic rings. The van der Waals surface area contributed by atoms with Crippen LogP contribution in [-0.2, 0) is 65.8 Å². The maximum atomic E-state index is 14.6. The number of nitrogens with zero attached hydrogens (tertiary/aromatic N) is 1. The molecule has 3 unspecified atom stereocenters. The summed E-state index contributed by atoms with van der Waals surface area (Å²) in [4.78, 5) is 72.6. The first-order chi connectivity index (χ1) is 34.6. The zero-order valence-electron chi connectivity index (χ0n) is 45.9. The quantitative estimate of drug-likeness (QED) is 0.106. The van der Waals surface area contributed by atoms with E-state index in [4.69, 9.17) is 37.3 Å². The molecule has 16 atom stereocenters. The van der Waals surface area contributed by atoms with E-state index in [9.17, 15) is 38.8 Å². The number of piperidine rings is 1. The molecule has 4 rings (SSSR count). The van der Waals surface area contributed by atoms with Crippen molar-refractivity contribution in [1.82, 2.24) is 4.90 Å². The molecule has 0 spiro atoms. The summed E-state index contributed by atoms with van der Waals surface area (Å²) in [6.07, 6.45) is 9.38. The number of aliphatic hydroxyl groups excluding tert-OH is 1. The average Bonchev–Trinajstić information content (AvgIpc) is 3.35. The number of amides is 1. The van der Waals surface area contributed by atoms with Gasteiger partial charge in [0.15, 0.2) is 5.78 Å². The number of esters is 1. The number of cyclic esters (lactones) is 1. The molecule has 2 bridgehead atoms. The number of carbonyl (C=O) groups is 5. The van der Waals surface area contributed by atoms with E-state index >= 15 is 0 Å². The van der Waals surface area contributed by atoms with Crippen molar-refractivity contribution in [3.8, 4) is 0 Å². The Bertz CT molecular complexity index is 1950. The lowest BCUT2D eigenvalue weighted by Crippen LogP contribution is -2.61. The molecule has 0 aromatic heterocycles. The molecule has 1 aliphatic carbocycles. The van der Waals surface area contributed by atoms with E-state index in [0.29, 0.717) is 64.2 Å². The van der Waals surface area contributed by atoms with Crippen LogP contribution in [0.1, 0.15) is 146 Å². The molecule has 416 valence electrons. The number of phosphoric ester groups is 1. The summed E-state index contributed by atoms with van der Waals surface area (Å²) < 4.78 is 60.0. The van der Waals surface area contributed by atoms with E-state index in [1.165, 1.54) is 12.0 Å². The highest BCUT2D eigenvalue weighted by Crippen LogP contribution is 2.53. The first kappa shape index (κ1) is 62.6. The summed E-state index contributed by atoms with van der Waals surface area (Å²) in [5, 5.41) is 23.6. The van der Waals surface area contributed by atoms with Crippen molar-refractivity contribution in [2.45, 2.75) is 200 Å². The van der Waals surface area contributed by atoms with Crippen LogP contribution in [0.25, 0.3) is 0 Å². The Morgan fingerprint density at radius 1 is 0.822 bits per heavy atom. The second kappa shape index (κ2) is 29.5. The fraction of sp³-hybridized carbons (Fsp3) is 0.800. The van der Waals surface area contributed by atoms with Crippen LogP contribution in [0.2, 0.25) is 0 Å². The summed E-state index contributed by atoms with van der Waals surface area (Å²) in [5.74, 6) is -8.54. The molecule has 3 aliphatic heterocycles. The molecule has 18 heteroatoms. The summed E-state index contributed by atoms with van der Waals surface area (Å²) in [5.41, 5.74) is 0.873. The minimum atomic E-state index is -3.84. The van der Waals surface area contributed by atoms with Gasteiger partial charge in [-0.1, -0.05) is 71.9 Å². The van der Waals surface area contributed by atoms with E-state index in [2.05, 4.69) is 0 Å². The summed E-state index contributed by atoms with van der Waals surface area (Å²) in [6.45, 7) is 16.6. The van der Waals surface area contributed by atoms with E-state index in [-0.39, 0.29) is 62.4 Å². The number of fused-ring (bicyclic) bond motifs is 3. The molecule has 73 heavy (non-hydrogen) atoms. The Morgan fingerprint density at radius 2 is 1.52 bits per heavy atom. The predicted molar refractivity (Wildman–Crippen MR) is 275 cm³/mol. The molecule has 2 saturated heterocycles. The zero-order valence-corrected chi connectivity index (χ0v) is 46.8. The van der Waals surface area contributed by atoms with Gasteiger partial charge in [-0.25, -0.2) is 9.36 Å². The first-order valence-corrected chi connectivity index (χ1v) is 28.4. The third-order valence-corrected chi connectivity index (χ3v) is 17.4. The molecule has 0 aromatic rings. The van der Waals surface area contributed by atoms with Crippen molar-refractivity contribution in [2.75, 3.05) is 41.1 Å². The molecule has 0 radical (unpaired) electrons. The highest BCUT2D eigenvalue weighted by molar-refractivity contribution is 7.48. The molecule has 1 saturated carbocycles. The van der Waals surface area contributed by atoms with Crippen LogP contribution in [0.5, 0.6) is 0 Å². The lowest BCUT2D eigenvalue weighted by Gasteiger charge is -2.42. The van der Waals surface area contributed by atoms with E-state index in [1.807, 2.05) is 58.1 Å². The number of methoxy groups -OCH3 is 3. The van der Waals surface area contributed by atoms with E-state index < -0.39 is 110 Å². The minimum Gasteiger partial charge on any atom is -0.460 e. The van der Waals surface area contributed by atoms with E-state index in [0.717, 1.165) is 5.57 Å². The molecular formula is C55H90NO16P. The standard InChI is InChI=1S/C55H90NO16P/c1-13-68-73(64,69-14-2)72-45-26-24-41(31-48(45)66-11)30-37(6)47-33-44(57)36(5)29-39(8)50(59)51(67-12)49(58)38(7)28-34(3)20-16-15-17-21-35(4)46(65-10)32-42-25-23-40(9)55(63,71-42)52(60)53(61)56-27-19-18-22-43(56)54(62)70-47/h15-17,20-21,34,36-43,45-48,50-51,59,63H,13-14,18-19,22-33H2,1-12H3/b17-15?,20-16+,35-21?/t34-,36-,37-,38-,39?,40-,41?,42+,43+,45-,46+,47+,48-,50-,51+,55?/m1/s1. The number of allylic oxidation sites excluding steroid dienone is 5. The van der Waals surface area contributed by atoms with Gasteiger partial charge < -0.3 is 38.8 Å². The summed E-state index contributed by atoms with van der Waals surface area (Å²) in [7, 11) is 0.690. The van der Waals surface area contributed by atoms with Gasteiger partial charge in [0, 0.05) is 58.5 Å². The maximum absolute atomic E-state index is 14.6. The number of hydrogen-bond acceptors (Lipinski definition) is 16. The predicted octanol–water partition coefficient (Wildman–Crippen LogP) is 8.47. The first-order valence-electron chi connectivity index (χ1n) is 26.9. The Kier molecular flexibility index (Phi) is 25.3. The number of ketones is 3. The number of rotatable bonds is 12. The van der Waals surface area contributed by atoms with Crippen molar-refractivity contribution in [2.24, 2.45) is 41.4 Å². The van der Waals surface area contributed by atoms with Gasteiger partial charge in [-0.15, -0.1) is 0 Å². The van der Waals surface area contributed by atoms with Crippen LogP contribution in [0, 0.1) is 41.4 Å². The van der Waals surface area contributed by atoms with Gasteiger partial charge in [-0.3, -0.25) is 32.7 Å². The van der Waals surface area contributed by atoms with Crippen molar-refractivity contribution in [3.63, 3.8) is 0 Å². The molecule has 3 heterocycles. The van der Waals surface area contributed by atoms with Gasteiger partial charge >= 0.3 is 13.8 Å². The minimum absolute atomic E-state index is 0.0163. The normalized spacial score (nSPS) is 36.8. The fourth-order valence-electron chi connectivity index (χ4n) is 11.1. The monoisotopic (exact) mass is 1050 g/mol. The van der Waals surface area contributed by atoms with Crippen molar-refractivity contribution >= 4 is 37.0 Å². The van der Waals surface area contributed by atoms with Crippen molar-refractivity contribution < 1.29 is 76.0 Å². The van der Waals surface area contributed by atoms with Gasteiger partial charge in [0.25, 0.3) is 11.7 Å². The third-order valence-electron chi connectivity index (χ3n) is 15.7. The largest absolute Gasteiger partial charge is 0.475 e. The number of Topliss-reactive ketones (excluding diaryl/α,β-unsaturated/α-hetero) is 3. The van der Waals surface area contributed by atoms with Gasteiger partial charge in [-0.2, -0.15) is 0 Å². The highest BCUT2D eigenvalue weighted by Gasteiger charge is 2.53. The lowest BCUT2D eigenvalue weighted by molar-refractivity contribution is -0.265. The average molecular weight is 1050 g/mol. The fourth-order valence-corrected chi connectivity index (χ4v) is 12.5. The smallest absolute Gasteiger partial charge is 0.460 e. The summed E-state index contributed by atoms with van der Waals surface area (Å²) in [6, 6.07) is -1.17. The number of aliphatic hydroxyl groups is 2. The van der Waals surface area contributed by atoms with Gasteiger partial charge in [-0.05, 0) is 121 Å².